The molecular weight excluding hydrogens is 723 g/mol. The molecule has 3 heterocycles. The first-order valence-electron chi connectivity index (χ1n) is 20.7. The topological polar surface area (TPSA) is 48.8 Å². The minimum Gasteiger partial charge on any atom is -0.458 e. The van der Waals surface area contributed by atoms with Gasteiger partial charge in [-0.2, -0.15) is 4.68 Å². The summed E-state index contributed by atoms with van der Waals surface area (Å²) in [6, 6.07) is 43.0. The van der Waals surface area contributed by atoms with Gasteiger partial charge < -0.3 is 9.30 Å². The molecule has 0 unspecified atom stereocenters. The highest BCUT2D eigenvalue weighted by molar-refractivity contribution is 6.10. The molecule has 0 aliphatic heterocycles. The predicted molar refractivity (Wildman–Crippen MR) is 243 cm³/mol. The van der Waals surface area contributed by atoms with E-state index in [4.69, 9.17) is 14.8 Å². The van der Waals surface area contributed by atoms with Gasteiger partial charge in [0.2, 0.25) is 12.2 Å². The number of rotatable bonds is 6. The third-order valence-electron chi connectivity index (χ3n) is 11.2. The fraction of sp³-hybridized carbons (Fsp3) is 0.302. The first-order chi connectivity index (χ1) is 27.7. The van der Waals surface area contributed by atoms with Gasteiger partial charge >= 0.3 is 0 Å². The average Bonchev–Trinajstić information content (AvgIpc) is 3.78. The van der Waals surface area contributed by atoms with E-state index in [0.29, 0.717) is 5.75 Å². The number of hydrogen-bond donors (Lipinski definition) is 0. The van der Waals surface area contributed by atoms with Gasteiger partial charge in [0.05, 0.1) is 16.7 Å². The number of nitrogens with zero attached hydrogens (tertiary/aromatic N) is 5. The lowest BCUT2D eigenvalue weighted by Crippen LogP contribution is -2.40. The summed E-state index contributed by atoms with van der Waals surface area (Å²) in [6.45, 7) is 26.9. The highest BCUT2D eigenvalue weighted by atomic mass is 16.5. The van der Waals surface area contributed by atoms with Crippen molar-refractivity contribution in [2.75, 3.05) is 0 Å². The van der Waals surface area contributed by atoms with Gasteiger partial charge in [-0.1, -0.05) is 150 Å². The lowest BCUT2D eigenvalue weighted by atomic mass is 9.80. The van der Waals surface area contributed by atoms with Crippen LogP contribution in [0.15, 0.2) is 128 Å². The van der Waals surface area contributed by atoms with Gasteiger partial charge in [-0.25, -0.2) is 4.98 Å². The maximum absolute atomic E-state index is 6.71. The molecule has 3 aromatic heterocycles. The highest BCUT2D eigenvalue weighted by Gasteiger charge is 2.28. The number of fused-ring (bicyclic) bond motifs is 3. The summed E-state index contributed by atoms with van der Waals surface area (Å²) in [5.41, 5.74) is 9.90. The van der Waals surface area contributed by atoms with Crippen molar-refractivity contribution in [1.29, 1.82) is 0 Å². The summed E-state index contributed by atoms with van der Waals surface area (Å²) in [7, 11) is 0. The molecule has 0 radical (unpaired) electrons. The Kier molecular flexibility index (Phi) is 9.69. The molecule has 8 rings (SSSR count). The van der Waals surface area contributed by atoms with Gasteiger partial charge in [-0.05, 0) is 97.7 Å². The summed E-state index contributed by atoms with van der Waals surface area (Å²) in [6.07, 6.45) is 5.54. The number of aromatic nitrogens is 5. The Hall–Kier alpha value is -6.01. The van der Waals surface area contributed by atoms with Crippen molar-refractivity contribution in [3.05, 3.63) is 156 Å². The predicted octanol–water partition coefficient (Wildman–Crippen LogP) is 13.1. The molecule has 0 saturated carbocycles. The van der Waals surface area contributed by atoms with Gasteiger partial charge in [-0.3, -0.25) is 4.57 Å². The molecule has 6 nitrogen and oxygen atoms in total. The van der Waals surface area contributed by atoms with Gasteiger partial charge in [0.25, 0.3) is 0 Å². The quantitative estimate of drug-likeness (QED) is 0.125. The van der Waals surface area contributed by atoms with E-state index in [1.165, 1.54) is 27.8 Å². The largest absolute Gasteiger partial charge is 0.458 e. The van der Waals surface area contributed by atoms with Crippen LogP contribution in [0.25, 0.3) is 50.1 Å². The van der Waals surface area contributed by atoms with E-state index in [1.54, 1.807) is 0 Å². The summed E-state index contributed by atoms with van der Waals surface area (Å²) >= 11 is 0. The van der Waals surface area contributed by atoms with Crippen LogP contribution in [0, 0.1) is 6.33 Å². The third-order valence-corrected chi connectivity index (χ3v) is 11.2. The molecular formula is C53H57N5O. The van der Waals surface area contributed by atoms with Crippen molar-refractivity contribution in [2.24, 2.45) is 0 Å². The standard InChI is InChI=1S/C53H57N5O/c1-50(2,3)37-25-26-54-48(31-37)58-46-24-21-36(35-17-14-13-15-18-35)27-45(46)44-23-22-43(33-47(44)58)59-42-20-16-19-40(32-42)57-34-56(49(55-57)53(10,11)12)41-29-38(51(4,5)6)28-39(30-41)52(7,8)9/h13-33H,1-12H3. The number of ether oxygens (including phenoxy) is 1. The molecule has 0 aliphatic carbocycles. The molecule has 0 fully saturated rings. The van der Waals surface area contributed by atoms with E-state index in [1.807, 2.05) is 29.1 Å². The van der Waals surface area contributed by atoms with Crippen LogP contribution in [0.3, 0.4) is 0 Å². The molecule has 0 aliphatic rings. The van der Waals surface area contributed by atoms with Gasteiger partial charge in [0.1, 0.15) is 17.3 Å². The maximum atomic E-state index is 6.71. The smallest absolute Gasteiger partial charge is 0.212 e. The first-order valence-corrected chi connectivity index (χ1v) is 20.7. The van der Waals surface area contributed by atoms with Crippen LogP contribution >= 0.6 is 0 Å². The second kappa shape index (κ2) is 14.4. The molecule has 0 atom stereocenters. The Morgan fingerprint density at radius 2 is 1.20 bits per heavy atom. The molecule has 6 heteroatoms. The van der Waals surface area contributed by atoms with Crippen molar-refractivity contribution in [1.82, 2.24) is 19.3 Å². The SMILES string of the molecule is CC(C)(C)c1cc(-[n+]2[c-]n(-c3cccc(Oc4ccc5c6cc(-c7ccccc7)ccc6n(-c6cc(C(C)(C)C)ccn6)c5c4)c3)nc2C(C)(C)C)cc(C(C)(C)C)c1. The summed E-state index contributed by atoms with van der Waals surface area (Å²) in [4.78, 5) is 4.92. The van der Waals surface area contributed by atoms with E-state index in [0.717, 1.165) is 50.6 Å². The minimum absolute atomic E-state index is 0.0183. The molecule has 8 aromatic rings. The van der Waals surface area contributed by atoms with E-state index in [2.05, 4.69) is 202 Å². The van der Waals surface area contributed by atoms with Crippen LogP contribution in [0.2, 0.25) is 0 Å². The van der Waals surface area contributed by atoms with E-state index >= 15 is 0 Å². The monoisotopic (exact) mass is 779 g/mol. The maximum Gasteiger partial charge on any atom is 0.212 e. The second-order valence-electron chi connectivity index (χ2n) is 20.1. The molecule has 0 N–H and O–H groups in total. The first kappa shape index (κ1) is 39.8. The number of benzene rings is 5. The zero-order valence-electron chi connectivity index (χ0n) is 36.8. The van der Waals surface area contributed by atoms with Crippen molar-refractivity contribution in [2.45, 2.75) is 105 Å². The van der Waals surface area contributed by atoms with Crippen molar-refractivity contribution < 1.29 is 9.30 Å². The number of hydrogen-bond acceptors (Lipinski definition) is 3. The minimum atomic E-state index is -0.244. The lowest BCUT2D eigenvalue weighted by molar-refractivity contribution is -0.613. The molecule has 59 heavy (non-hydrogen) atoms. The Labute approximate surface area is 350 Å². The normalized spacial score (nSPS) is 12.7. The highest BCUT2D eigenvalue weighted by Crippen LogP contribution is 2.38. The Bertz CT molecular complexity index is 2800. The van der Waals surface area contributed by atoms with Gasteiger partial charge in [0.15, 0.2) is 0 Å². The van der Waals surface area contributed by atoms with Crippen molar-refractivity contribution in [3.8, 4) is 39.8 Å². The zero-order chi connectivity index (χ0) is 42.1. The summed E-state index contributed by atoms with van der Waals surface area (Å²) < 4.78 is 13.0. The van der Waals surface area contributed by atoms with Crippen LogP contribution in [0.1, 0.15) is 106 Å². The van der Waals surface area contributed by atoms with Crippen LogP contribution in [-0.2, 0) is 21.7 Å². The van der Waals surface area contributed by atoms with Crippen molar-refractivity contribution in [3.63, 3.8) is 0 Å². The molecule has 300 valence electrons. The van der Waals surface area contributed by atoms with Gasteiger partial charge in [-0.15, -0.1) is 0 Å². The summed E-state index contributed by atoms with van der Waals surface area (Å²) in [5.74, 6) is 3.25. The number of pyridine rings is 1. The van der Waals surface area contributed by atoms with E-state index in [9.17, 15) is 0 Å². The zero-order valence-corrected chi connectivity index (χ0v) is 36.8. The summed E-state index contributed by atoms with van der Waals surface area (Å²) in [5, 5.41) is 7.48. The van der Waals surface area contributed by atoms with Crippen LogP contribution in [-0.4, -0.2) is 19.3 Å². The Morgan fingerprint density at radius 1 is 0.525 bits per heavy atom. The van der Waals surface area contributed by atoms with Crippen molar-refractivity contribution >= 4 is 21.8 Å². The lowest BCUT2D eigenvalue weighted by Gasteiger charge is -2.27. The second-order valence-corrected chi connectivity index (χ2v) is 20.1. The van der Waals surface area contributed by atoms with E-state index < -0.39 is 0 Å². The van der Waals surface area contributed by atoms with Crippen LogP contribution in [0.4, 0.5) is 0 Å². The molecule has 0 saturated heterocycles. The van der Waals surface area contributed by atoms with Crippen LogP contribution in [0.5, 0.6) is 11.5 Å². The molecule has 0 amide bonds. The van der Waals surface area contributed by atoms with Crippen LogP contribution < -0.4 is 9.30 Å². The molecule has 0 bridgehead atoms. The van der Waals surface area contributed by atoms with Gasteiger partial charge in [0, 0.05) is 34.1 Å². The van der Waals surface area contributed by atoms with E-state index in [-0.39, 0.29) is 21.7 Å². The molecule has 5 aromatic carbocycles. The molecule has 0 spiro atoms. The fourth-order valence-electron chi connectivity index (χ4n) is 7.63. The Morgan fingerprint density at radius 3 is 1.86 bits per heavy atom. The third kappa shape index (κ3) is 7.93. The average molecular weight is 780 g/mol. The fourth-order valence-corrected chi connectivity index (χ4v) is 7.63. The Balaban J connectivity index is 1.21.